The van der Waals surface area contributed by atoms with Gasteiger partial charge in [-0.15, -0.1) is 0 Å². The quantitative estimate of drug-likeness (QED) is 0.265. The van der Waals surface area contributed by atoms with Gasteiger partial charge in [-0.25, -0.2) is 0 Å². The first-order valence-electron chi connectivity index (χ1n) is 15.6. The van der Waals surface area contributed by atoms with Crippen LogP contribution in [0, 0.1) is 13.8 Å². The fourth-order valence-corrected chi connectivity index (χ4v) is 16.5. The van der Waals surface area contributed by atoms with Crippen molar-refractivity contribution in [3.8, 4) is 11.1 Å². The monoisotopic (exact) mass is 730 g/mol. The SMILES string of the molecule is Cc1cc2c(cc1C(C)(C)C)-c1cc(C(C)(C)C)c(C)cc1[CH]2/[Zr+2]([C]1=CC=CC1)=[C](\c1ccccc1)c1cccc(Cl)c1.[Cl-].[Cl-]. The molecule has 4 aromatic carbocycles. The van der Waals surface area contributed by atoms with Gasteiger partial charge in [0.15, 0.2) is 0 Å². The van der Waals surface area contributed by atoms with Crippen molar-refractivity contribution in [2.24, 2.45) is 0 Å². The minimum absolute atomic E-state index is 0. The Morgan fingerprint density at radius 3 is 1.69 bits per heavy atom. The molecule has 4 heteroatoms. The van der Waals surface area contributed by atoms with Gasteiger partial charge in [0, 0.05) is 0 Å². The number of rotatable bonds is 4. The molecule has 232 valence electrons. The minimum atomic E-state index is -2.75. The van der Waals surface area contributed by atoms with Gasteiger partial charge in [0.2, 0.25) is 0 Å². The summed E-state index contributed by atoms with van der Waals surface area (Å²) < 4.78 is 3.58. The summed E-state index contributed by atoms with van der Waals surface area (Å²) in [5, 5.41) is 0.802. The summed E-state index contributed by atoms with van der Waals surface area (Å²) >= 11 is 3.95. The van der Waals surface area contributed by atoms with E-state index in [4.69, 9.17) is 11.6 Å². The Morgan fingerprint density at radius 2 is 1.22 bits per heavy atom. The molecule has 0 N–H and O–H groups in total. The largest absolute Gasteiger partial charge is 1.00 e. The number of hydrogen-bond acceptors (Lipinski definition) is 0. The van der Waals surface area contributed by atoms with Crippen molar-refractivity contribution in [2.75, 3.05) is 0 Å². The molecule has 2 aliphatic carbocycles. The maximum atomic E-state index is 6.71. The van der Waals surface area contributed by atoms with Gasteiger partial charge in [0.05, 0.1) is 0 Å². The molecule has 0 saturated carbocycles. The van der Waals surface area contributed by atoms with Gasteiger partial charge in [-0.2, -0.15) is 0 Å². The molecular formula is C41H43Cl3Zr. The number of aryl methyl sites for hydroxylation is 2. The second-order valence-corrected chi connectivity index (χ2v) is 21.1. The van der Waals surface area contributed by atoms with Crippen LogP contribution in [-0.2, 0) is 32.1 Å². The number of halogens is 3. The van der Waals surface area contributed by atoms with Crippen LogP contribution in [0.5, 0.6) is 0 Å². The van der Waals surface area contributed by atoms with Crippen LogP contribution in [0.15, 0.2) is 100 Å². The van der Waals surface area contributed by atoms with Crippen molar-refractivity contribution in [1.82, 2.24) is 0 Å². The van der Waals surface area contributed by atoms with E-state index in [0.29, 0.717) is 3.63 Å². The molecule has 0 spiro atoms. The molecule has 0 radical (unpaired) electrons. The smallest absolute Gasteiger partial charge is 1.00 e. The fraction of sp³-hybridized carbons (Fsp3) is 0.293. The van der Waals surface area contributed by atoms with E-state index in [1.165, 1.54) is 55.6 Å². The standard InChI is InChI=1S/C23H29.C13H9Cl.C5H5.2ClH.Zr/c1-14-9-16-11-17-10-15(2)21(23(6,7)8)13-19(17)18(16)12-20(14)22(3,4)5;14-13-8-4-7-12(10-13)9-11-5-2-1-3-6-11;1-2-4-5-3-1;;;/h9-13H,1-8H3;1-8,10H;1-3H,4H2;2*1H;/q;;;;;+2/p-2. The second kappa shape index (κ2) is 13.6. The van der Waals surface area contributed by atoms with Crippen LogP contribution in [0.4, 0.5) is 0 Å². The van der Waals surface area contributed by atoms with Gasteiger partial charge < -0.3 is 24.8 Å². The third-order valence-electron chi connectivity index (χ3n) is 9.17. The molecule has 0 bridgehead atoms. The van der Waals surface area contributed by atoms with Crippen molar-refractivity contribution in [3.05, 3.63) is 150 Å². The zero-order valence-electron chi connectivity index (χ0n) is 27.7. The van der Waals surface area contributed by atoms with Crippen molar-refractivity contribution in [2.45, 2.75) is 76.3 Å². The molecule has 0 heterocycles. The first-order valence-corrected chi connectivity index (χ1v) is 19.8. The molecular weight excluding hydrogens is 690 g/mol. The summed E-state index contributed by atoms with van der Waals surface area (Å²) in [6.07, 6.45) is 8.14. The van der Waals surface area contributed by atoms with E-state index in [9.17, 15) is 0 Å². The van der Waals surface area contributed by atoms with E-state index in [-0.39, 0.29) is 35.6 Å². The van der Waals surface area contributed by atoms with E-state index in [1.54, 1.807) is 6.49 Å². The van der Waals surface area contributed by atoms with Crippen molar-refractivity contribution in [3.63, 3.8) is 0 Å². The molecule has 4 aromatic rings. The van der Waals surface area contributed by atoms with Crippen molar-refractivity contribution < 1.29 is 46.1 Å². The Hall–Kier alpha value is -2.02. The zero-order valence-corrected chi connectivity index (χ0v) is 32.4. The van der Waals surface area contributed by atoms with Crippen LogP contribution in [0.3, 0.4) is 0 Å². The van der Waals surface area contributed by atoms with E-state index in [2.05, 4.69) is 146 Å². The predicted octanol–water partition coefficient (Wildman–Crippen LogP) is 5.36. The normalized spacial score (nSPS) is 14.2. The number of allylic oxidation sites excluding steroid dienone is 4. The average Bonchev–Trinajstić information content (AvgIpc) is 3.56. The van der Waals surface area contributed by atoms with Gasteiger partial charge in [0.1, 0.15) is 0 Å². The van der Waals surface area contributed by atoms with Gasteiger partial charge in [0.25, 0.3) is 0 Å². The molecule has 0 atom stereocenters. The molecule has 0 nitrogen and oxygen atoms in total. The van der Waals surface area contributed by atoms with Gasteiger partial charge in [-0.1, -0.05) is 0 Å². The molecule has 2 aliphatic rings. The minimum Gasteiger partial charge on any atom is -1.00 e. The fourth-order valence-electron chi connectivity index (χ4n) is 7.36. The first kappa shape index (κ1) is 35.8. The zero-order chi connectivity index (χ0) is 30.7. The van der Waals surface area contributed by atoms with Crippen molar-refractivity contribution in [1.29, 1.82) is 0 Å². The van der Waals surface area contributed by atoms with E-state index in [0.717, 1.165) is 11.4 Å². The van der Waals surface area contributed by atoms with Crippen LogP contribution in [-0.4, -0.2) is 3.21 Å². The third kappa shape index (κ3) is 6.85. The molecule has 0 unspecified atom stereocenters. The molecule has 0 aromatic heterocycles. The summed E-state index contributed by atoms with van der Waals surface area (Å²) in [5.74, 6) is 0. The number of hydrogen-bond donors (Lipinski definition) is 0. The van der Waals surface area contributed by atoms with E-state index < -0.39 is 21.3 Å². The molecule has 0 amide bonds. The van der Waals surface area contributed by atoms with E-state index >= 15 is 0 Å². The number of benzene rings is 4. The maximum absolute atomic E-state index is 6.71. The predicted molar refractivity (Wildman–Crippen MR) is 184 cm³/mol. The summed E-state index contributed by atoms with van der Waals surface area (Å²) in [5.41, 5.74) is 14.4. The topological polar surface area (TPSA) is 0 Å². The van der Waals surface area contributed by atoms with Gasteiger partial charge >= 0.3 is 273 Å². The Bertz CT molecular complexity index is 1760. The summed E-state index contributed by atoms with van der Waals surface area (Å²) in [4.78, 5) is 0. The van der Waals surface area contributed by atoms with E-state index in [1.807, 2.05) is 6.07 Å². The van der Waals surface area contributed by atoms with Crippen LogP contribution >= 0.6 is 11.6 Å². The Balaban J connectivity index is 0.00000230. The van der Waals surface area contributed by atoms with Crippen LogP contribution in [0.2, 0.25) is 5.02 Å². The Kier molecular flexibility index (Phi) is 10.8. The average molecular weight is 733 g/mol. The second-order valence-electron chi connectivity index (χ2n) is 14.4. The summed E-state index contributed by atoms with van der Waals surface area (Å²) in [6.45, 7) is 18.7. The third-order valence-corrected chi connectivity index (χ3v) is 17.7. The first-order chi connectivity index (χ1) is 20.3. The molecule has 0 saturated heterocycles. The van der Waals surface area contributed by atoms with Gasteiger partial charge in [-0.05, 0) is 0 Å². The van der Waals surface area contributed by atoms with Crippen LogP contribution in [0.1, 0.15) is 96.1 Å². The maximum Gasteiger partial charge on any atom is -1.00 e. The Labute approximate surface area is 296 Å². The molecule has 6 rings (SSSR count). The number of fused-ring (bicyclic) bond motifs is 3. The van der Waals surface area contributed by atoms with Crippen molar-refractivity contribution >= 4 is 14.8 Å². The Morgan fingerprint density at radius 1 is 0.689 bits per heavy atom. The molecule has 0 aliphatic heterocycles. The molecule has 0 fully saturated rings. The van der Waals surface area contributed by atoms with Crippen LogP contribution < -0.4 is 24.8 Å². The summed E-state index contributed by atoms with van der Waals surface area (Å²) in [6, 6.07) is 30.0. The summed E-state index contributed by atoms with van der Waals surface area (Å²) in [7, 11) is 0. The van der Waals surface area contributed by atoms with Gasteiger partial charge in [-0.3, -0.25) is 0 Å². The van der Waals surface area contributed by atoms with Crippen LogP contribution in [0.25, 0.3) is 11.1 Å². The molecule has 45 heavy (non-hydrogen) atoms.